The number of likely N-dealkylation sites (N-methyl/N-ethyl adjacent to an activating group) is 2. The fraction of sp³-hybridized carbons (Fsp3) is 0.583. The van der Waals surface area contributed by atoms with Gasteiger partial charge in [0.25, 0.3) is 11.1 Å². The molecule has 0 saturated carbocycles. The van der Waals surface area contributed by atoms with Crippen LogP contribution in [0.4, 0.5) is 0 Å². The average molecular weight is 1070 g/mol. The Hall–Kier alpha value is -5.74. The Morgan fingerprint density at radius 2 is 0.959 bits per heavy atom. The number of nitrogens with one attached hydrogen (secondary N) is 2. The normalized spacial score (nSPS) is 16.4. The van der Waals surface area contributed by atoms with E-state index in [0.29, 0.717) is 112 Å². The number of hydrogen-bond acceptors (Lipinski definition) is 18. The molecule has 26 heteroatoms. The Morgan fingerprint density at radius 3 is 1.28 bits per heavy atom. The smallest absolute Gasteiger partial charge is 0.277 e. The number of piperazine rings is 2. The number of aromatic amines is 2. The minimum atomic E-state index is -3.82. The minimum absolute atomic E-state index is 0.0157. The molecule has 2 unspecified atom stereocenters. The Morgan fingerprint density at radius 1 is 0.595 bits per heavy atom. The largest absolute Gasteiger partial charge is 0.472 e. The Kier molecular flexibility index (Phi) is 18.4. The summed E-state index contributed by atoms with van der Waals surface area (Å²) >= 11 is 0. The predicted octanol–water partition coefficient (Wildman–Crippen LogP) is 2.82. The standard InChI is InChI=1S/2C24H35N7O5S/c2*1-6-8-19-20-21(29(4)28-19)23(32)27-22(26-20)18-13-17(14-25-24(18)36-16(3)15-35-5)37(33,34)31-11-9-30(7-2)10-12-31/h2*13-14,16H,6-12,15H2,1-5H3,(H,26,27,32). The summed E-state index contributed by atoms with van der Waals surface area (Å²) in [6.45, 7) is 18.4. The third-order valence-electron chi connectivity index (χ3n) is 12.9. The van der Waals surface area contributed by atoms with Crippen LogP contribution in [0.15, 0.2) is 43.9 Å². The fourth-order valence-electron chi connectivity index (χ4n) is 9.02. The van der Waals surface area contributed by atoms with Crippen molar-refractivity contribution in [3.63, 3.8) is 0 Å². The third-order valence-corrected chi connectivity index (χ3v) is 16.6. The van der Waals surface area contributed by atoms with Gasteiger partial charge in [-0.25, -0.2) is 36.8 Å². The van der Waals surface area contributed by atoms with Crippen LogP contribution >= 0.6 is 0 Å². The maximum absolute atomic E-state index is 13.5. The molecule has 2 fully saturated rings. The molecule has 0 aromatic carbocycles. The molecular weight excluding hydrogens is 997 g/mol. The van der Waals surface area contributed by atoms with E-state index < -0.39 is 20.0 Å². The van der Waals surface area contributed by atoms with Crippen LogP contribution < -0.4 is 20.6 Å². The molecule has 24 nitrogen and oxygen atoms in total. The van der Waals surface area contributed by atoms with Crippen molar-refractivity contribution in [2.24, 2.45) is 14.1 Å². The number of nitrogens with zero attached hydrogens (tertiary/aromatic N) is 12. The first kappa shape index (κ1) is 56.0. The number of sulfonamides is 2. The molecule has 2 N–H and O–H groups in total. The molecule has 2 aliphatic rings. The number of rotatable bonds is 20. The lowest BCUT2D eigenvalue weighted by molar-refractivity contribution is 0.0892. The van der Waals surface area contributed by atoms with Crippen molar-refractivity contribution in [1.29, 1.82) is 0 Å². The lowest BCUT2D eigenvalue weighted by Crippen LogP contribution is -2.48. The van der Waals surface area contributed by atoms with Crippen molar-refractivity contribution in [1.82, 2.24) is 67.9 Å². The lowest BCUT2D eigenvalue weighted by atomic mass is 10.2. The van der Waals surface area contributed by atoms with Crippen LogP contribution in [0.5, 0.6) is 11.8 Å². The van der Waals surface area contributed by atoms with E-state index >= 15 is 0 Å². The number of aryl methyl sites for hydroxylation is 4. The number of H-pyrrole nitrogens is 2. The van der Waals surface area contributed by atoms with Gasteiger partial charge < -0.3 is 38.7 Å². The molecule has 2 atom stereocenters. The van der Waals surface area contributed by atoms with Gasteiger partial charge in [-0.05, 0) is 51.9 Å². The van der Waals surface area contributed by atoms with Gasteiger partial charge in [0.2, 0.25) is 31.8 Å². The molecule has 0 bridgehead atoms. The topological polar surface area (TPSA) is 271 Å². The van der Waals surface area contributed by atoms with Crippen LogP contribution in [-0.4, -0.2) is 190 Å². The van der Waals surface area contributed by atoms with Crippen LogP contribution in [0.1, 0.15) is 65.8 Å². The molecule has 2 saturated heterocycles. The molecule has 8 heterocycles. The highest BCUT2D eigenvalue weighted by Crippen LogP contribution is 2.33. The van der Waals surface area contributed by atoms with E-state index in [9.17, 15) is 26.4 Å². The summed E-state index contributed by atoms with van der Waals surface area (Å²) in [5.74, 6) is 0.649. The van der Waals surface area contributed by atoms with Gasteiger partial charge in [-0.2, -0.15) is 18.8 Å². The second kappa shape index (κ2) is 24.3. The van der Waals surface area contributed by atoms with Gasteiger partial charge >= 0.3 is 0 Å². The van der Waals surface area contributed by atoms with Crippen molar-refractivity contribution in [2.45, 2.75) is 89.2 Å². The molecule has 0 spiro atoms. The van der Waals surface area contributed by atoms with Crippen LogP contribution in [0.25, 0.3) is 44.8 Å². The van der Waals surface area contributed by atoms with Gasteiger partial charge in [-0.1, -0.05) is 40.5 Å². The zero-order valence-electron chi connectivity index (χ0n) is 44.0. The summed E-state index contributed by atoms with van der Waals surface area (Å²) in [5, 5.41) is 8.93. The molecule has 74 heavy (non-hydrogen) atoms. The van der Waals surface area contributed by atoms with Gasteiger partial charge in [-0.15, -0.1) is 0 Å². The van der Waals surface area contributed by atoms with Crippen molar-refractivity contribution < 1.29 is 35.8 Å². The zero-order valence-corrected chi connectivity index (χ0v) is 45.7. The Bertz CT molecular complexity index is 3040. The lowest BCUT2D eigenvalue weighted by Gasteiger charge is -2.33. The first-order valence-electron chi connectivity index (χ1n) is 25.1. The average Bonchev–Trinajstić information content (AvgIpc) is 3.88. The molecule has 8 rings (SSSR count). The van der Waals surface area contributed by atoms with E-state index in [4.69, 9.17) is 28.9 Å². The van der Waals surface area contributed by atoms with Crippen molar-refractivity contribution >= 4 is 42.1 Å². The monoisotopic (exact) mass is 1070 g/mol. The molecule has 0 aliphatic carbocycles. The number of methoxy groups -OCH3 is 2. The minimum Gasteiger partial charge on any atom is -0.472 e. The second-order valence-corrected chi connectivity index (χ2v) is 22.2. The first-order chi connectivity index (χ1) is 35.4. The first-order valence-corrected chi connectivity index (χ1v) is 27.9. The number of aromatic nitrogens is 10. The fourth-order valence-corrected chi connectivity index (χ4v) is 11.8. The van der Waals surface area contributed by atoms with Crippen LogP contribution in [0.2, 0.25) is 0 Å². The van der Waals surface area contributed by atoms with Crippen LogP contribution in [-0.2, 0) is 56.5 Å². The quantitative estimate of drug-likeness (QED) is 0.111. The highest BCUT2D eigenvalue weighted by atomic mass is 32.2. The SMILES string of the molecule is CCCc1nn(C)c2c(=O)[nH]c(-c3cc(S(=O)(=O)N4CCN(CC)CC4)cnc3OC(C)COC)nc12.CCCc1nn(C)c2c(=O)[nH]c(-c3cc(S(=O)(=O)N4CCN(CC)CC4)cnc3OC(C)COC)nc12. The summed E-state index contributed by atoms with van der Waals surface area (Å²) in [6, 6.07) is 2.95. The molecular formula is C48H70N14O10S2. The predicted molar refractivity (Wildman–Crippen MR) is 278 cm³/mol. The zero-order chi connectivity index (χ0) is 53.5. The second-order valence-electron chi connectivity index (χ2n) is 18.4. The van der Waals surface area contributed by atoms with E-state index in [-0.39, 0.29) is 67.7 Å². The number of pyridine rings is 2. The Labute approximate surface area is 431 Å². The van der Waals surface area contributed by atoms with Crippen molar-refractivity contribution in [3.8, 4) is 34.5 Å². The summed E-state index contributed by atoms with van der Waals surface area (Å²) < 4.78 is 82.4. The van der Waals surface area contributed by atoms with Crippen LogP contribution in [0, 0.1) is 0 Å². The van der Waals surface area contributed by atoms with Crippen molar-refractivity contribution in [3.05, 3.63) is 56.6 Å². The van der Waals surface area contributed by atoms with Crippen LogP contribution in [0.3, 0.4) is 0 Å². The van der Waals surface area contributed by atoms with E-state index in [1.807, 2.05) is 27.7 Å². The third kappa shape index (κ3) is 12.2. The summed E-state index contributed by atoms with van der Waals surface area (Å²) in [7, 11) is -1.11. The van der Waals surface area contributed by atoms with Gasteiger partial charge in [-0.3, -0.25) is 19.0 Å². The van der Waals surface area contributed by atoms with Gasteiger partial charge in [0.1, 0.15) is 44.7 Å². The molecule has 6 aromatic heterocycles. The number of ether oxygens (including phenoxy) is 4. The molecule has 2 aliphatic heterocycles. The highest BCUT2D eigenvalue weighted by molar-refractivity contribution is 7.89. The van der Waals surface area contributed by atoms with Gasteiger partial charge in [0, 0.05) is 80.7 Å². The maximum Gasteiger partial charge on any atom is 0.277 e. The van der Waals surface area contributed by atoms with E-state index in [1.54, 1.807) is 28.3 Å². The van der Waals surface area contributed by atoms with E-state index in [1.165, 1.54) is 42.5 Å². The molecule has 0 radical (unpaired) electrons. The highest BCUT2D eigenvalue weighted by Gasteiger charge is 2.32. The molecule has 0 amide bonds. The van der Waals surface area contributed by atoms with Gasteiger partial charge in [0.05, 0.1) is 48.1 Å². The maximum atomic E-state index is 13.5. The molecule has 404 valence electrons. The number of fused-ring (bicyclic) bond motifs is 2. The Balaban J connectivity index is 0.000000216. The summed E-state index contributed by atoms with van der Waals surface area (Å²) in [5.41, 5.74) is 2.87. The van der Waals surface area contributed by atoms with E-state index in [0.717, 1.165) is 25.9 Å². The van der Waals surface area contributed by atoms with Crippen molar-refractivity contribution in [2.75, 3.05) is 92.9 Å². The van der Waals surface area contributed by atoms with E-state index in [2.05, 4.69) is 53.8 Å². The summed E-state index contributed by atoms with van der Waals surface area (Å²) in [6.07, 6.45) is 4.82. The van der Waals surface area contributed by atoms with Gasteiger partial charge in [0.15, 0.2) is 11.0 Å². The molecule has 6 aromatic rings. The summed E-state index contributed by atoms with van der Waals surface area (Å²) in [4.78, 5) is 54.3. The number of hydrogen-bond donors (Lipinski definition) is 2.